The zero-order chi connectivity index (χ0) is 15.8. The first-order valence-corrected chi connectivity index (χ1v) is 6.82. The van der Waals surface area contributed by atoms with Gasteiger partial charge in [-0.3, -0.25) is 4.79 Å². The summed E-state index contributed by atoms with van der Waals surface area (Å²) in [6.07, 6.45) is 0. The van der Waals surface area contributed by atoms with Crippen LogP contribution in [-0.4, -0.2) is 31.6 Å². The third kappa shape index (κ3) is 4.34. The van der Waals surface area contributed by atoms with Crippen LogP contribution in [0.15, 0.2) is 60.7 Å². The summed E-state index contributed by atoms with van der Waals surface area (Å²) in [5.74, 6) is -0.293. The van der Waals surface area contributed by atoms with Crippen molar-refractivity contribution in [3.8, 4) is 5.75 Å². The van der Waals surface area contributed by atoms with Gasteiger partial charge in [-0.25, -0.2) is 4.79 Å². The van der Waals surface area contributed by atoms with Gasteiger partial charge in [0.1, 0.15) is 12.4 Å². The molecule has 1 atom stereocenters. The maximum atomic E-state index is 12.1. The van der Waals surface area contributed by atoms with Crippen LogP contribution in [0.2, 0.25) is 0 Å². The minimum Gasteiger partial charge on any atom is -0.491 e. The Hall–Kier alpha value is -2.82. The number of nitrogens with one attached hydrogen (secondary N) is 1. The standard InChI is InChI=1S/C17H17NO4/c1-21-17(20)15(12-22-14-10-6-3-7-11-14)18-16(19)13-8-4-2-5-9-13/h2-11,15H,12H2,1H3,(H,18,19)/t15-/m0/s1. The van der Waals surface area contributed by atoms with Crippen LogP contribution in [0.3, 0.4) is 0 Å². The van der Waals surface area contributed by atoms with Crippen LogP contribution >= 0.6 is 0 Å². The number of benzene rings is 2. The van der Waals surface area contributed by atoms with E-state index in [0.29, 0.717) is 11.3 Å². The van der Waals surface area contributed by atoms with E-state index in [1.165, 1.54) is 7.11 Å². The third-order valence-electron chi connectivity index (χ3n) is 2.99. The zero-order valence-corrected chi connectivity index (χ0v) is 12.2. The number of carbonyl (C=O) groups is 2. The molecule has 2 aromatic rings. The van der Waals surface area contributed by atoms with Crippen LogP contribution in [0.4, 0.5) is 0 Å². The second-order valence-electron chi connectivity index (χ2n) is 4.54. The molecule has 1 N–H and O–H groups in total. The summed E-state index contributed by atoms with van der Waals surface area (Å²) in [6.45, 7) is -0.00470. The molecule has 114 valence electrons. The number of hydrogen-bond donors (Lipinski definition) is 1. The Morgan fingerprint density at radius 3 is 2.18 bits per heavy atom. The Balaban J connectivity index is 2.00. The SMILES string of the molecule is COC(=O)[C@H](COc1ccccc1)NC(=O)c1ccccc1. The summed E-state index contributed by atoms with van der Waals surface area (Å²) >= 11 is 0. The van der Waals surface area contributed by atoms with Crippen molar-refractivity contribution in [2.45, 2.75) is 6.04 Å². The van der Waals surface area contributed by atoms with Gasteiger partial charge in [0.25, 0.3) is 5.91 Å². The summed E-state index contributed by atoms with van der Waals surface area (Å²) in [5.41, 5.74) is 0.469. The first kappa shape index (κ1) is 15.6. The van der Waals surface area contributed by atoms with Gasteiger partial charge in [-0.15, -0.1) is 0 Å². The van der Waals surface area contributed by atoms with Gasteiger partial charge in [-0.1, -0.05) is 36.4 Å². The van der Waals surface area contributed by atoms with Crippen LogP contribution in [-0.2, 0) is 9.53 Å². The summed E-state index contributed by atoms with van der Waals surface area (Å²) < 4.78 is 10.2. The number of esters is 1. The van der Waals surface area contributed by atoms with E-state index in [4.69, 9.17) is 9.47 Å². The number of hydrogen-bond acceptors (Lipinski definition) is 4. The molecular formula is C17H17NO4. The van der Waals surface area contributed by atoms with Gasteiger partial charge in [0, 0.05) is 5.56 Å². The van der Waals surface area contributed by atoms with Gasteiger partial charge in [0.15, 0.2) is 6.04 Å². The molecule has 5 heteroatoms. The van der Waals surface area contributed by atoms with Crippen LogP contribution in [0.5, 0.6) is 5.75 Å². The van der Waals surface area contributed by atoms with Crippen LogP contribution in [0, 0.1) is 0 Å². The average molecular weight is 299 g/mol. The second-order valence-corrected chi connectivity index (χ2v) is 4.54. The largest absolute Gasteiger partial charge is 0.491 e. The lowest BCUT2D eigenvalue weighted by atomic mass is 10.2. The molecule has 0 aromatic heterocycles. The Morgan fingerprint density at radius 2 is 1.59 bits per heavy atom. The summed E-state index contributed by atoms with van der Waals surface area (Å²) in [5, 5.41) is 2.62. The van der Waals surface area contributed by atoms with Crippen molar-refractivity contribution in [1.29, 1.82) is 0 Å². The predicted octanol–water partition coefficient (Wildman–Crippen LogP) is 2.04. The molecule has 22 heavy (non-hydrogen) atoms. The minimum atomic E-state index is -0.877. The Morgan fingerprint density at radius 1 is 1.00 bits per heavy atom. The lowest BCUT2D eigenvalue weighted by molar-refractivity contribution is -0.143. The molecule has 0 unspecified atom stereocenters. The number of rotatable bonds is 6. The molecule has 1 amide bonds. The molecular weight excluding hydrogens is 282 g/mol. The van der Waals surface area contributed by atoms with Crippen molar-refractivity contribution in [3.63, 3.8) is 0 Å². The molecule has 0 aliphatic rings. The molecule has 2 rings (SSSR count). The van der Waals surface area contributed by atoms with Crippen molar-refractivity contribution < 1.29 is 19.1 Å². The fourth-order valence-corrected chi connectivity index (χ4v) is 1.84. The molecule has 0 radical (unpaired) electrons. The van der Waals surface area contributed by atoms with E-state index < -0.39 is 12.0 Å². The van der Waals surface area contributed by atoms with Crippen LogP contribution in [0.25, 0.3) is 0 Å². The van der Waals surface area contributed by atoms with Gasteiger partial charge in [0.2, 0.25) is 0 Å². The Bertz CT molecular complexity index is 613. The van der Waals surface area contributed by atoms with E-state index in [9.17, 15) is 9.59 Å². The van der Waals surface area contributed by atoms with Gasteiger partial charge in [-0.05, 0) is 24.3 Å². The van der Waals surface area contributed by atoms with Gasteiger partial charge in [0.05, 0.1) is 7.11 Å². The van der Waals surface area contributed by atoms with Crippen molar-refractivity contribution in [3.05, 3.63) is 66.2 Å². The van der Waals surface area contributed by atoms with Crippen molar-refractivity contribution in [2.24, 2.45) is 0 Å². The topological polar surface area (TPSA) is 64.6 Å². The fourth-order valence-electron chi connectivity index (χ4n) is 1.84. The summed E-state index contributed by atoms with van der Waals surface area (Å²) in [7, 11) is 1.27. The van der Waals surface area contributed by atoms with Crippen molar-refractivity contribution >= 4 is 11.9 Å². The van der Waals surface area contributed by atoms with E-state index in [0.717, 1.165) is 0 Å². The van der Waals surface area contributed by atoms with Gasteiger partial charge in [-0.2, -0.15) is 0 Å². The van der Waals surface area contributed by atoms with E-state index in [2.05, 4.69) is 5.32 Å². The average Bonchev–Trinajstić information content (AvgIpc) is 2.59. The maximum Gasteiger partial charge on any atom is 0.331 e. The number of para-hydroxylation sites is 1. The zero-order valence-electron chi connectivity index (χ0n) is 12.2. The lowest BCUT2D eigenvalue weighted by Gasteiger charge is -2.17. The number of carbonyl (C=O) groups excluding carboxylic acids is 2. The van der Waals surface area contributed by atoms with E-state index in [-0.39, 0.29) is 12.5 Å². The highest BCUT2D eigenvalue weighted by molar-refractivity contribution is 5.96. The molecule has 0 bridgehead atoms. The number of ether oxygens (including phenoxy) is 2. The third-order valence-corrected chi connectivity index (χ3v) is 2.99. The quantitative estimate of drug-likeness (QED) is 0.829. The molecule has 2 aromatic carbocycles. The van der Waals surface area contributed by atoms with E-state index in [1.807, 2.05) is 24.3 Å². The molecule has 0 heterocycles. The second kappa shape index (κ2) is 7.83. The predicted molar refractivity (Wildman–Crippen MR) is 81.6 cm³/mol. The molecule has 0 aliphatic heterocycles. The van der Waals surface area contributed by atoms with Gasteiger partial charge < -0.3 is 14.8 Å². The maximum absolute atomic E-state index is 12.1. The normalized spacial score (nSPS) is 11.3. The number of amides is 1. The van der Waals surface area contributed by atoms with E-state index in [1.54, 1.807) is 36.4 Å². The first-order valence-electron chi connectivity index (χ1n) is 6.82. The van der Waals surface area contributed by atoms with Crippen molar-refractivity contribution in [1.82, 2.24) is 5.32 Å². The minimum absolute atomic E-state index is 0.00470. The molecule has 0 saturated carbocycles. The number of methoxy groups -OCH3 is 1. The molecule has 5 nitrogen and oxygen atoms in total. The molecule has 0 spiro atoms. The van der Waals surface area contributed by atoms with Crippen molar-refractivity contribution in [2.75, 3.05) is 13.7 Å². The Kier molecular flexibility index (Phi) is 5.54. The van der Waals surface area contributed by atoms with Gasteiger partial charge >= 0.3 is 5.97 Å². The summed E-state index contributed by atoms with van der Waals surface area (Å²) in [6, 6.07) is 16.8. The Labute approximate surface area is 128 Å². The monoisotopic (exact) mass is 299 g/mol. The molecule has 0 saturated heterocycles. The first-order chi connectivity index (χ1) is 10.7. The highest BCUT2D eigenvalue weighted by atomic mass is 16.5. The van der Waals surface area contributed by atoms with E-state index >= 15 is 0 Å². The highest BCUT2D eigenvalue weighted by Gasteiger charge is 2.23. The fraction of sp³-hybridized carbons (Fsp3) is 0.176. The molecule has 0 fully saturated rings. The lowest BCUT2D eigenvalue weighted by Crippen LogP contribution is -2.45. The summed E-state index contributed by atoms with van der Waals surface area (Å²) in [4.78, 5) is 23.9. The van der Waals surface area contributed by atoms with Crippen LogP contribution in [0.1, 0.15) is 10.4 Å². The van der Waals surface area contributed by atoms with Crippen LogP contribution < -0.4 is 10.1 Å². The smallest absolute Gasteiger partial charge is 0.331 e. The molecule has 0 aliphatic carbocycles. The highest BCUT2D eigenvalue weighted by Crippen LogP contribution is 2.09.